The van der Waals surface area contributed by atoms with Crippen LogP contribution in [0.2, 0.25) is 0 Å². The van der Waals surface area contributed by atoms with Crippen LogP contribution in [0.3, 0.4) is 0 Å². The van der Waals surface area contributed by atoms with Crippen LogP contribution in [0.25, 0.3) is 0 Å². The molecule has 0 radical (unpaired) electrons. The third-order valence-corrected chi connectivity index (χ3v) is 5.53. The van der Waals surface area contributed by atoms with E-state index >= 15 is 0 Å². The van der Waals surface area contributed by atoms with Crippen molar-refractivity contribution in [1.82, 2.24) is 0 Å². The fraction of sp³-hybridized carbons (Fsp3) is 0.650. The molecule has 0 heterocycles. The van der Waals surface area contributed by atoms with Crippen LogP contribution >= 0.6 is 0 Å². The lowest BCUT2D eigenvalue weighted by atomic mass is 10.0. The maximum Gasteiger partial charge on any atom is 0.162 e. The van der Waals surface area contributed by atoms with Crippen LogP contribution in [-0.4, -0.2) is 5.78 Å². The van der Waals surface area contributed by atoms with Crippen molar-refractivity contribution in [3.8, 4) is 0 Å². The summed E-state index contributed by atoms with van der Waals surface area (Å²) in [6.45, 7) is 11.1. The zero-order chi connectivity index (χ0) is 15.6. The first kappa shape index (κ1) is 16.3. The third-order valence-electron chi connectivity index (χ3n) is 5.53. The van der Waals surface area contributed by atoms with Crippen LogP contribution in [0.15, 0.2) is 34.9 Å². The number of hydrogen-bond donors (Lipinski definition) is 0. The largest absolute Gasteiger partial charge is 0.294 e. The van der Waals surface area contributed by atoms with Crippen molar-refractivity contribution in [3.63, 3.8) is 0 Å². The summed E-state index contributed by atoms with van der Waals surface area (Å²) < 4.78 is 0. The maximum absolute atomic E-state index is 12.2. The molecule has 0 amide bonds. The normalized spacial score (nSPS) is 38.0. The van der Waals surface area contributed by atoms with Crippen LogP contribution in [-0.2, 0) is 4.79 Å². The Balaban J connectivity index is 2.18. The average Bonchev–Trinajstić information content (AvgIpc) is 2.93. The quantitative estimate of drug-likeness (QED) is 0.527. The topological polar surface area (TPSA) is 17.1 Å². The number of fused-ring (bicyclic) bond motifs is 1. The number of ketones is 1. The van der Waals surface area contributed by atoms with Gasteiger partial charge in [-0.15, -0.1) is 0 Å². The molecule has 0 aromatic rings. The average molecular weight is 286 g/mol. The lowest BCUT2D eigenvalue weighted by molar-refractivity contribution is -0.114. The molecular formula is C20H30O. The third kappa shape index (κ3) is 3.96. The van der Waals surface area contributed by atoms with E-state index in [0.29, 0.717) is 23.5 Å². The Morgan fingerprint density at radius 2 is 1.71 bits per heavy atom. The van der Waals surface area contributed by atoms with Crippen molar-refractivity contribution >= 4 is 5.78 Å². The fourth-order valence-electron chi connectivity index (χ4n) is 3.59. The summed E-state index contributed by atoms with van der Waals surface area (Å²) in [6.07, 6.45) is 12.0. The summed E-state index contributed by atoms with van der Waals surface area (Å²) in [7, 11) is 0. The predicted octanol–water partition coefficient (Wildman–Crippen LogP) is 5.63. The molecule has 0 saturated heterocycles. The summed E-state index contributed by atoms with van der Waals surface area (Å²) >= 11 is 0. The summed E-state index contributed by atoms with van der Waals surface area (Å²) in [5.41, 5.74) is 4.19. The molecule has 2 atom stereocenters. The van der Waals surface area contributed by atoms with Gasteiger partial charge in [-0.1, -0.05) is 43.2 Å². The molecular weight excluding hydrogens is 256 g/mol. The second kappa shape index (κ2) is 6.34. The first-order valence-electron chi connectivity index (χ1n) is 8.35. The Hall–Kier alpha value is -1.11. The van der Waals surface area contributed by atoms with Crippen LogP contribution in [0.4, 0.5) is 0 Å². The van der Waals surface area contributed by atoms with E-state index in [2.05, 4.69) is 45.9 Å². The molecule has 1 nitrogen and oxygen atoms in total. The zero-order valence-corrected chi connectivity index (χ0v) is 14.3. The van der Waals surface area contributed by atoms with E-state index in [9.17, 15) is 4.79 Å². The smallest absolute Gasteiger partial charge is 0.162 e. The Bertz CT molecular complexity index is 502. The first-order valence-corrected chi connectivity index (χ1v) is 8.35. The van der Waals surface area contributed by atoms with Crippen molar-refractivity contribution in [3.05, 3.63) is 34.9 Å². The van der Waals surface area contributed by atoms with E-state index in [0.717, 1.165) is 24.3 Å². The molecule has 1 fully saturated rings. The van der Waals surface area contributed by atoms with Crippen LogP contribution < -0.4 is 0 Å². The molecule has 1 heteroatoms. The molecule has 0 unspecified atom stereocenters. The second-order valence-electron chi connectivity index (χ2n) is 7.61. The molecule has 2 aliphatic carbocycles. The number of allylic oxidation sites excluding steroid dienone is 6. The standard InChI is InChI=1S/C20H30O/c1-14-7-6-8-15(2)10-12-19(21)16(3)13-18-17(11-9-14)20(18,4)5/h7,10,13,17-18H,6,8-9,11-12H2,1-5H3/b14-7+,15-10+,16-13+/t17-,18+/m0/s1. The molecule has 2 aliphatic rings. The summed E-state index contributed by atoms with van der Waals surface area (Å²) in [4.78, 5) is 12.2. The number of hydrogen-bond acceptors (Lipinski definition) is 1. The molecule has 0 aliphatic heterocycles. The van der Waals surface area contributed by atoms with Gasteiger partial charge in [-0.2, -0.15) is 0 Å². The molecule has 0 N–H and O–H groups in total. The van der Waals surface area contributed by atoms with E-state index in [1.807, 2.05) is 6.92 Å². The Labute approximate surface area is 130 Å². The minimum absolute atomic E-state index is 0.291. The Morgan fingerprint density at radius 3 is 2.43 bits per heavy atom. The van der Waals surface area contributed by atoms with E-state index in [1.165, 1.54) is 24.0 Å². The van der Waals surface area contributed by atoms with Gasteiger partial charge in [0, 0.05) is 6.42 Å². The SMILES string of the molecule is C/C1=C\CC(=O)/C(C)=C/[C@@H]2[C@H](CC/C(C)=C/CC1)C2(C)C. The van der Waals surface area contributed by atoms with Crippen LogP contribution in [0.5, 0.6) is 0 Å². The Morgan fingerprint density at radius 1 is 1.05 bits per heavy atom. The van der Waals surface area contributed by atoms with Gasteiger partial charge in [-0.25, -0.2) is 0 Å². The molecule has 21 heavy (non-hydrogen) atoms. The first-order chi connectivity index (χ1) is 9.82. The van der Waals surface area contributed by atoms with E-state index in [1.54, 1.807) is 0 Å². The van der Waals surface area contributed by atoms with E-state index in [4.69, 9.17) is 0 Å². The number of rotatable bonds is 0. The second-order valence-corrected chi connectivity index (χ2v) is 7.61. The minimum atomic E-state index is 0.291. The van der Waals surface area contributed by atoms with E-state index in [-0.39, 0.29) is 0 Å². The van der Waals surface area contributed by atoms with Crippen molar-refractivity contribution in [2.24, 2.45) is 17.3 Å². The number of carbonyl (C=O) groups is 1. The molecule has 0 aromatic carbocycles. The Kier molecular flexibility index (Phi) is 4.91. The summed E-state index contributed by atoms with van der Waals surface area (Å²) in [6, 6.07) is 0. The number of carbonyl (C=O) groups excluding carboxylic acids is 1. The molecule has 1 saturated carbocycles. The highest BCUT2D eigenvalue weighted by Gasteiger charge is 2.55. The summed E-state index contributed by atoms with van der Waals surface area (Å²) in [5.74, 6) is 1.62. The molecule has 2 rings (SSSR count). The highest BCUT2D eigenvalue weighted by atomic mass is 16.1. The van der Waals surface area contributed by atoms with Gasteiger partial charge in [0.25, 0.3) is 0 Å². The fourth-order valence-corrected chi connectivity index (χ4v) is 3.59. The van der Waals surface area contributed by atoms with Gasteiger partial charge in [0.2, 0.25) is 0 Å². The van der Waals surface area contributed by atoms with Crippen molar-refractivity contribution in [2.75, 3.05) is 0 Å². The van der Waals surface area contributed by atoms with Crippen molar-refractivity contribution in [2.45, 2.75) is 66.7 Å². The molecule has 0 spiro atoms. The van der Waals surface area contributed by atoms with Gasteiger partial charge in [0.1, 0.15) is 0 Å². The minimum Gasteiger partial charge on any atom is -0.294 e. The van der Waals surface area contributed by atoms with E-state index < -0.39 is 0 Å². The highest BCUT2D eigenvalue weighted by Crippen LogP contribution is 2.61. The molecule has 0 aromatic heterocycles. The van der Waals surface area contributed by atoms with Gasteiger partial charge in [0.15, 0.2) is 5.78 Å². The van der Waals surface area contributed by atoms with Crippen molar-refractivity contribution in [1.29, 1.82) is 0 Å². The van der Waals surface area contributed by atoms with Crippen molar-refractivity contribution < 1.29 is 4.79 Å². The maximum atomic E-state index is 12.2. The zero-order valence-electron chi connectivity index (χ0n) is 14.3. The van der Waals surface area contributed by atoms with Gasteiger partial charge in [-0.05, 0) is 69.3 Å². The summed E-state index contributed by atoms with van der Waals surface area (Å²) in [5, 5.41) is 0. The lowest BCUT2D eigenvalue weighted by Gasteiger charge is -2.05. The number of Topliss-reactive ketones (excluding diaryl/α,β-unsaturated/α-hetero) is 1. The van der Waals surface area contributed by atoms with Gasteiger partial charge in [-0.3, -0.25) is 4.79 Å². The highest BCUT2D eigenvalue weighted by molar-refractivity contribution is 5.95. The molecule has 116 valence electrons. The van der Waals surface area contributed by atoms with Crippen LogP contribution in [0.1, 0.15) is 66.7 Å². The predicted molar refractivity (Wildman–Crippen MR) is 90.1 cm³/mol. The van der Waals surface area contributed by atoms with Gasteiger partial charge >= 0.3 is 0 Å². The van der Waals surface area contributed by atoms with Gasteiger partial charge in [0.05, 0.1) is 0 Å². The van der Waals surface area contributed by atoms with Gasteiger partial charge < -0.3 is 0 Å². The van der Waals surface area contributed by atoms with Crippen LogP contribution in [0, 0.1) is 17.3 Å². The molecule has 0 bridgehead atoms. The monoisotopic (exact) mass is 286 g/mol. The lowest BCUT2D eigenvalue weighted by Crippen LogP contribution is -1.99.